The molecule has 35 heavy (non-hydrogen) atoms. The van der Waals surface area contributed by atoms with Crippen LogP contribution in [0.1, 0.15) is 41.4 Å². The molecule has 5 rings (SSSR count). The number of aromatic nitrogens is 4. The highest BCUT2D eigenvalue weighted by Crippen LogP contribution is 2.20. The molecule has 1 amide bonds. The zero-order chi connectivity index (χ0) is 24.2. The average Bonchev–Trinajstić information content (AvgIpc) is 3.53. The van der Waals surface area contributed by atoms with Crippen LogP contribution in [0.2, 0.25) is 0 Å². The minimum atomic E-state index is -0.297. The van der Waals surface area contributed by atoms with Gasteiger partial charge in [0.15, 0.2) is 12.4 Å². The van der Waals surface area contributed by atoms with Crippen molar-refractivity contribution in [3.05, 3.63) is 108 Å². The number of fused-ring (bicyclic) bond motifs is 1. The Labute approximate surface area is 204 Å². The lowest BCUT2D eigenvalue weighted by Gasteiger charge is -2.09. The second-order valence-corrected chi connectivity index (χ2v) is 8.76. The van der Waals surface area contributed by atoms with Crippen LogP contribution in [0.25, 0.3) is 10.8 Å². The van der Waals surface area contributed by atoms with Gasteiger partial charge in [-0.15, -0.1) is 0 Å². The summed E-state index contributed by atoms with van der Waals surface area (Å²) in [7, 11) is 0. The molecule has 3 aromatic carbocycles. The molecule has 0 aliphatic heterocycles. The minimum Gasteiger partial charge on any atom is -0.471 e. The summed E-state index contributed by atoms with van der Waals surface area (Å²) in [5, 5.41) is 14.0. The molecule has 1 N–H and O–H groups in total. The maximum Gasteiger partial charge on any atom is 0.276 e. The second kappa shape index (κ2) is 9.85. The van der Waals surface area contributed by atoms with Gasteiger partial charge < -0.3 is 10.1 Å². The van der Waals surface area contributed by atoms with Gasteiger partial charge in [-0.3, -0.25) is 9.48 Å². The van der Waals surface area contributed by atoms with Crippen molar-refractivity contribution in [1.29, 1.82) is 0 Å². The third kappa shape index (κ3) is 5.24. The summed E-state index contributed by atoms with van der Waals surface area (Å²) >= 11 is 0. The standard InChI is InChI=1S/C28H27N5O2/c1-20(2)21-10-12-25(13-11-21)35-19-32-15-14-27(31-32)28(34)30-24-16-29-33(18-24)17-23-8-5-7-22-6-3-4-9-26(22)23/h3-16,18,20H,17,19H2,1-2H3,(H,30,34). The number of ether oxygens (including phenoxy) is 1. The van der Waals surface area contributed by atoms with Crippen LogP contribution in [-0.2, 0) is 13.3 Å². The van der Waals surface area contributed by atoms with Gasteiger partial charge in [0, 0.05) is 12.4 Å². The molecule has 0 spiro atoms. The van der Waals surface area contributed by atoms with Crippen molar-refractivity contribution >= 4 is 22.4 Å². The second-order valence-electron chi connectivity index (χ2n) is 8.76. The smallest absolute Gasteiger partial charge is 0.276 e. The predicted octanol–water partition coefficient (Wildman–Crippen LogP) is 5.69. The van der Waals surface area contributed by atoms with Gasteiger partial charge in [-0.1, -0.05) is 68.4 Å². The summed E-state index contributed by atoms with van der Waals surface area (Å²) in [5.74, 6) is 0.936. The number of rotatable bonds is 8. The molecule has 0 unspecified atom stereocenters. The lowest BCUT2D eigenvalue weighted by atomic mass is 10.0. The van der Waals surface area contributed by atoms with Crippen LogP contribution >= 0.6 is 0 Å². The van der Waals surface area contributed by atoms with E-state index in [1.54, 1.807) is 23.1 Å². The van der Waals surface area contributed by atoms with Gasteiger partial charge in [0.25, 0.3) is 5.91 Å². The van der Waals surface area contributed by atoms with Crippen molar-refractivity contribution in [3.8, 4) is 5.75 Å². The summed E-state index contributed by atoms with van der Waals surface area (Å²) in [4.78, 5) is 12.7. The number of nitrogens with zero attached hydrogens (tertiary/aromatic N) is 4. The first kappa shape index (κ1) is 22.4. The fourth-order valence-electron chi connectivity index (χ4n) is 3.96. The van der Waals surface area contributed by atoms with E-state index < -0.39 is 0 Å². The predicted molar refractivity (Wildman–Crippen MR) is 137 cm³/mol. The molecule has 5 aromatic rings. The number of hydrogen-bond donors (Lipinski definition) is 1. The molecule has 176 valence electrons. The van der Waals surface area contributed by atoms with E-state index in [4.69, 9.17) is 4.74 Å². The van der Waals surface area contributed by atoms with Crippen LogP contribution in [0.4, 0.5) is 5.69 Å². The Hall–Kier alpha value is -4.39. The van der Waals surface area contributed by atoms with Gasteiger partial charge in [-0.05, 0) is 46.0 Å². The largest absolute Gasteiger partial charge is 0.471 e. The summed E-state index contributed by atoms with van der Waals surface area (Å²) in [6.07, 6.45) is 5.19. The molecule has 2 heterocycles. The summed E-state index contributed by atoms with van der Waals surface area (Å²) < 4.78 is 9.19. The van der Waals surface area contributed by atoms with Crippen LogP contribution in [0, 0.1) is 0 Å². The quantitative estimate of drug-likeness (QED) is 0.319. The maximum absolute atomic E-state index is 12.7. The van der Waals surface area contributed by atoms with Gasteiger partial charge in [-0.2, -0.15) is 10.2 Å². The Morgan fingerprint density at radius 2 is 1.77 bits per heavy atom. The Morgan fingerprint density at radius 1 is 0.971 bits per heavy atom. The first-order valence-electron chi connectivity index (χ1n) is 11.6. The molecule has 0 saturated carbocycles. The van der Waals surface area contributed by atoms with Crippen molar-refractivity contribution in [1.82, 2.24) is 19.6 Å². The third-order valence-corrected chi connectivity index (χ3v) is 5.89. The number of amides is 1. The van der Waals surface area contributed by atoms with E-state index in [1.165, 1.54) is 21.9 Å². The highest BCUT2D eigenvalue weighted by Gasteiger charge is 2.12. The normalized spacial score (nSPS) is 11.2. The molecule has 0 saturated heterocycles. The molecule has 7 heteroatoms. The highest BCUT2D eigenvalue weighted by molar-refractivity contribution is 6.02. The number of carbonyl (C=O) groups is 1. The lowest BCUT2D eigenvalue weighted by molar-refractivity contribution is 0.102. The average molecular weight is 466 g/mol. The van der Waals surface area contributed by atoms with E-state index in [1.807, 2.05) is 41.2 Å². The van der Waals surface area contributed by atoms with E-state index in [0.717, 1.165) is 5.75 Å². The summed E-state index contributed by atoms with van der Waals surface area (Å²) in [6.45, 7) is 5.14. The van der Waals surface area contributed by atoms with Crippen molar-refractivity contribution in [2.75, 3.05) is 5.32 Å². The van der Waals surface area contributed by atoms with Crippen LogP contribution < -0.4 is 10.1 Å². The number of anilines is 1. The molecule has 0 fully saturated rings. The SMILES string of the molecule is CC(C)c1ccc(OCn2ccc(C(=O)Nc3cnn(Cc4cccc5ccccc45)c3)n2)cc1. The van der Waals surface area contributed by atoms with E-state index in [9.17, 15) is 4.79 Å². The highest BCUT2D eigenvalue weighted by atomic mass is 16.5. The van der Waals surface area contributed by atoms with E-state index in [-0.39, 0.29) is 12.6 Å². The molecule has 0 aliphatic rings. The van der Waals surface area contributed by atoms with Crippen molar-refractivity contribution < 1.29 is 9.53 Å². The zero-order valence-electron chi connectivity index (χ0n) is 19.8. The van der Waals surface area contributed by atoms with Crippen LogP contribution in [0.3, 0.4) is 0 Å². The minimum absolute atomic E-state index is 0.220. The first-order valence-corrected chi connectivity index (χ1v) is 11.6. The van der Waals surface area contributed by atoms with Gasteiger partial charge in [-0.25, -0.2) is 4.68 Å². The van der Waals surface area contributed by atoms with Gasteiger partial charge in [0.05, 0.1) is 18.4 Å². The van der Waals surface area contributed by atoms with E-state index >= 15 is 0 Å². The van der Waals surface area contributed by atoms with Crippen molar-refractivity contribution in [3.63, 3.8) is 0 Å². The van der Waals surface area contributed by atoms with Crippen LogP contribution in [-0.4, -0.2) is 25.5 Å². The molecule has 0 bridgehead atoms. The van der Waals surface area contributed by atoms with Gasteiger partial charge >= 0.3 is 0 Å². The lowest BCUT2D eigenvalue weighted by Crippen LogP contribution is -2.14. The molecular weight excluding hydrogens is 438 g/mol. The molecular formula is C28H27N5O2. The van der Waals surface area contributed by atoms with Crippen molar-refractivity contribution in [2.24, 2.45) is 0 Å². The fourth-order valence-corrected chi connectivity index (χ4v) is 3.96. The van der Waals surface area contributed by atoms with Crippen LogP contribution in [0.5, 0.6) is 5.75 Å². The van der Waals surface area contributed by atoms with Crippen LogP contribution in [0.15, 0.2) is 91.4 Å². The third-order valence-electron chi connectivity index (χ3n) is 5.89. The van der Waals surface area contributed by atoms with Gasteiger partial charge in [0.1, 0.15) is 5.75 Å². The molecule has 0 radical (unpaired) electrons. The van der Waals surface area contributed by atoms with Gasteiger partial charge in [0.2, 0.25) is 0 Å². The Morgan fingerprint density at radius 3 is 2.60 bits per heavy atom. The number of hydrogen-bond acceptors (Lipinski definition) is 4. The Bertz CT molecular complexity index is 1440. The molecule has 7 nitrogen and oxygen atoms in total. The topological polar surface area (TPSA) is 74.0 Å². The number of benzene rings is 3. The maximum atomic E-state index is 12.7. The van der Waals surface area contributed by atoms with E-state index in [0.29, 0.717) is 23.8 Å². The Kier molecular flexibility index (Phi) is 6.30. The molecule has 2 aromatic heterocycles. The first-order chi connectivity index (χ1) is 17.0. The monoisotopic (exact) mass is 465 g/mol. The van der Waals surface area contributed by atoms with Crippen molar-refractivity contribution in [2.45, 2.75) is 33.0 Å². The number of nitrogens with one attached hydrogen (secondary N) is 1. The molecule has 0 atom stereocenters. The number of carbonyl (C=O) groups excluding carboxylic acids is 1. The fraction of sp³-hybridized carbons (Fsp3) is 0.179. The summed E-state index contributed by atoms with van der Waals surface area (Å²) in [5.41, 5.74) is 3.36. The zero-order valence-corrected chi connectivity index (χ0v) is 19.8. The Balaban J connectivity index is 1.18. The summed E-state index contributed by atoms with van der Waals surface area (Å²) in [6, 6.07) is 24.2. The molecule has 0 aliphatic carbocycles. The van der Waals surface area contributed by atoms with E-state index in [2.05, 4.69) is 65.8 Å².